The van der Waals surface area contributed by atoms with E-state index in [1.165, 1.54) is 11.3 Å². The lowest BCUT2D eigenvalue weighted by Gasteiger charge is -2.01. The number of nitrogens with zero attached hydrogens (tertiary/aromatic N) is 1. The number of aromatic nitrogens is 1. The van der Waals surface area contributed by atoms with Crippen molar-refractivity contribution >= 4 is 17.1 Å². The molecule has 0 bridgehead atoms. The summed E-state index contributed by atoms with van der Waals surface area (Å²) in [4.78, 5) is 16.3. The number of carbonyl (C=O) groups is 1. The first-order valence-electron chi connectivity index (χ1n) is 6.52. The van der Waals surface area contributed by atoms with Crippen LogP contribution in [0.15, 0.2) is 35.7 Å². The molecule has 0 N–H and O–H groups in total. The molecule has 3 nitrogen and oxygen atoms in total. The number of alkyl halides is 2. The zero-order valence-corrected chi connectivity index (χ0v) is 12.1. The van der Waals surface area contributed by atoms with Crippen molar-refractivity contribution in [3.8, 4) is 0 Å². The molecule has 0 atom stereocenters. The molecule has 0 radical (unpaired) electrons. The Morgan fingerprint density at radius 1 is 1.29 bits per heavy atom. The first-order valence-corrected chi connectivity index (χ1v) is 7.40. The highest BCUT2D eigenvalue weighted by atomic mass is 32.1. The number of benzene rings is 1. The number of hydrogen-bond acceptors (Lipinski definition) is 4. The Labute approximate surface area is 125 Å². The minimum atomic E-state index is -2.44. The lowest BCUT2D eigenvalue weighted by Crippen LogP contribution is -2.07. The molecule has 2 aromatic rings. The quantitative estimate of drug-likeness (QED) is 0.554. The predicted octanol–water partition coefficient (Wildman–Crippen LogP) is 3.39. The molecule has 6 heteroatoms. The number of halogens is 2. The van der Waals surface area contributed by atoms with Gasteiger partial charge in [0.1, 0.15) is 6.61 Å². The largest absolute Gasteiger partial charge is 0.375 e. The Hall–Kier alpha value is -1.66. The van der Waals surface area contributed by atoms with E-state index < -0.39 is 13.0 Å². The number of thiazole rings is 1. The molecule has 0 aliphatic carbocycles. The monoisotopic (exact) mass is 311 g/mol. The molecule has 0 fully saturated rings. The van der Waals surface area contributed by atoms with Gasteiger partial charge in [-0.1, -0.05) is 30.3 Å². The van der Waals surface area contributed by atoms with Crippen molar-refractivity contribution in [1.29, 1.82) is 0 Å². The van der Waals surface area contributed by atoms with Gasteiger partial charge in [0.15, 0.2) is 5.78 Å². The van der Waals surface area contributed by atoms with Gasteiger partial charge in [-0.05, 0) is 0 Å². The van der Waals surface area contributed by atoms with E-state index >= 15 is 0 Å². The fourth-order valence-corrected chi connectivity index (χ4v) is 2.55. The third-order valence-electron chi connectivity index (χ3n) is 2.74. The van der Waals surface area contributed by atoms with Gasteiger partial charge in [-0.3, -0.25) is 4.79 Å². The fraction of sp³-hybridized carbons (Fsp3) is 0.333. The van der Waals surface area contributed by atoms with Crippen molar-refractivity contribution in [1.82, 2.24) is 4.98 Å². The Kier molecular flexibility index (Phi) is 5.95. The summed E-state index contributed by atoms with van der Waals surface area (Å²) in [7, 11) is 0. The topological polar surface area (TPSA) is 39.2 Å². The second-order valence-electron chi connectivity index (χ2n) is 4.41. The van der Waals surface area contributed by atoms with E-state index in [4.69, 9.17) is 4.74 Å². The highest BCUT2D eigenvalue weighted by Crippen LogP contribution is 2.13. The second-order valence-corrected chi connectivity index (χ2v) is 5.36. The molecule has 0 unspecified atom stereocenters. The van der Waals surface area contributed by atoms with Crippen molar-refractivity contribution in [2.45, 2.75) is 19.3 Å². The summed E-state index contributed by atoms with van der Waals surface area (Å²) in [5.74, 6) is 0.0152. The van der Waals surface area contributed by atoms with Crippen LogP contribution in [0.2, 0.25) is 0 Å². The van der Waals surface area contributed by atoms with Crippen LogP contribution < -0.4 is 0 Å². The molecule has 0 saturated heterocycles. The van der Waals surface area contributed by atoms with Crippen molar-refractivity contribution in [2.24, 2.45) is 0 Å². The zero-order chi connectivity index (χ0) is 15.1. The first-order chi connectivity index (χ1) is 10.1. The molecule has 1 aromatic carbocycles. The average molecular weight is 311 g/mol. The Bertz CT molecular complexity index is 572. The minimum Gasteiger partial charge on any atom is -0.375 e. The van der Waals surface area contributed by atoms with Crippen molar-refractivity contribution in [2.75, 3.05) is 13.2 Å². The van der Waals surface area contributed by atoms with E-state index in [9.17, 15) is 13.6 Å². The van der Waals surface area contributed by atoms with E-state index in [2.05, 4.69) is 4.98 Å². The molecule has 0 spiro atoms. The molecule has 2 rings (SSSR count). The molecular formula is C15H15F2NO2S. The molecule has 0 aliphatic heterocycles. The van der Waals surface area contributed by atoms with Gasteiger partial charge in [0.25, 0.3) is 6.43 Å². The number of hydrogen-bond donors (Lipinski definition) is 0. The molecule has 112 valence electrons. The molecule has 1 aromatic heterocycles. The minimum absolute atomic E-state index is 0.0152. The summed E-state index contributed by atoms with van der Waals surface area (Å²) in [5.41, 5.74) is 1.37. The summed E-state index contributed by atoms with van der Waals surface area (Å²) in [5, 5.41) is 2.61. The molecule has 0 saturated carbocycles. The second kappa shape index (κ2) is 7.95. The van der Waals surface area contributed by atoms with Crippen molar-refractivity contribution in [3.63, 3.8) is 0 Å². The SMILES string of the molecule is O=C(Cc1csc(CCOCC(F)F)n1)c1ccccc1. The van der Waals surface area contributed by atoms with Crippen LogP contribution in [-0.2, 0) is 17.6 Å². The van der Waals surface area contributed by atoms with E-state index in [-0.39, 0.29) is 18.8 Å². The van der Waals surface area contributed by atoms with Gasteiger partial charge in [-0.25, -0.2) is 13.8 Å². The smallest absolute Gasteiger partial charge is 0.261 e. The predicted molar refractivity (Wildman–Crippen MR) is 77.1 cm³/mol. The zero-order valence-electron chi connectivity index (χ0n) is 11.3. The molecule has 21 heavy (non-hydrogen) atoms. The maximum absolute atomic E-state index is 12.0. The van der Waals surface area contributed by atoms with Gasteiger partial charge in [-0.2, -0.15) is 0 Å². The average Bonchev–Trinajstić information content (AvgIpc) is 2.92. The normalized spacial score (nSPS) is 11.0. The molecule has 0 amide bonds. The van der Waals surface area contributed by atoms with Crippen LogP contribution in [0.25, 0.3) is 0 Å². The lowest BCUT2D eigenvalue weighted by atomic mass is 10.1. The van der Waals surface area contributed by atoms with Crippen LogP contribution in [0.3, 0.4) is 0 Å². The Balaban J connectivity index is 1.81. The molecular weight excluding hydrogens is 296 g/mol. The van der Waals surface area contributed by atoms with E-state index in [0.29, 0.717) is 17.7 Å². The van der Waals surface area contributed by atoms with Gasteiger partial charge in [-0.15, -0.1) is 11.3 Å². The van der Waals surface area contributed by atoms with Gasteiger partial charge in [0.05, 0.1) is 23.7 Å². The fourth-order valence-electron chi connectivity index (χ4n) is 1.77. The van der Waals surface area contributed by atoms with Crippen LogP contribution >= 0.6 is 11.3 Å². The summed E-state index contributed by atoms with van der Waals surface area (Å²) in [6.45, 7) is -0.339. The number of ketones is 1. The van der Waals surface area contributed by atoms with Crippen LogP contribution in [0.5, 0.6) is 0 Å². The summed E-state index contributed by atoms with van der Waals surface area (Å²) in [6, 6.07) is 9.04. The number of ether oxygens (including phenoxy) is 1. The van der Waals surface area contributed by atoms with Gasteiger partial charge in [0.2, 0.25) is 0 Å². The Morgan fingerprint density at radius 3 is 2.76 bits per heavy atom. The summed E-state index contributed by atoms with van der Waals surface area (Å²) in [6.07, 6.45) is -1.71. The third kappa shape index (κ3) is 5.32. The van der Waals surface area contributed by atoms with Crippen molar-refractivity contribution < 1.29 is 18.3 Å². The third-order valence-corrected chi connectivity index (χ3v) is 3.70. The summed E-state index contributed by atoms with van der Waals surface area (Å²) < 4.78 is 28.6. The van der Waals surface area contributed by atoms with Crippen LogP contribution in [0.4, 0.5) is 8.78 Å². The number of carbonyl (C=O) groups excluding carboxylic acids is 1. The van der Waals surface area contributed by atoms with Crippen LogP contribution in [-0.4, -0.2) is 30.4 Å². The highest BCUT2D eigenvalue weighted by molar-refractivity contribution is 7.09. The number of Topliss-reactive ketones (excluding diaryl/α,β-unsaturated/α-hetero) is 1. The van der Waals surface area contributed by atoms with Gasteiger partial charge < -0.3 is 4.74 Å². The van der Waals surface area contributed by atoms with Crippen molar-refractivity contribution in [3.05, 3.63) is 52.0 Å². The van der Waals surface area contributed by atoms with Crippen LogP contribution in [0, 0.1) is 0 Å². The molecule has 0 aliphatic rings. The van der Waals surface area contributed by atoms with E-state index in [1.54, 1.807) is 12.1 Å². The maximum atomic E-state index is 12.0. The summed E-state index contributed by atoms with van der Waals surface area (Å²) >= 11 is 1.41. The molecule has 1 heterocycles. The van der Waals surface area contributed by atoms with E-state index in [0.717, 1.165) is 5.01 Å². The Morgan fingerprint density at radius 2 is 2.05 bits per heavy atom. The highest BCUT2D eigenvalue weighted by Gasteiger charge is 2.10. The van der Waals surface area contributed by atoms with E-state index in [1.807, 2.05) is 23.6 Å². The maximum Gasteiger partial charge on any atom is 0.261 e. The lowest BCUT2D eigenvalue weighted by molar-refractivity contribution is 0.0187. The van der Waals surface area contributed by atoms with Gasteiger partial charge in [0, 0.05) is 17.4 Å². The first kappa shape index (κ1) is 15.7. The van der Waals surface area contributed by atoms with Crippen LogP contribution in [0.1, 0.15) is 21.1 Å². The standard InChI is InChI=1S/C15H15F2NO2S/c16-14(17)9-20-7-6-15-18-12(10-21-15)8-13(19)11-4-2-1-3-5-11/h1-5,10,14H,6-9H2. The van der Waals surface area contributed by atoms with Gasteiger partial charge >= 0.3 is 0 Å². The number of rotatable bonds is 8.